The van der Waals surface area contributed by atoms with Crippen molar-refractivity contribution in [2.24, 2.45) is 0 Å². The molecule has 2 amide bonds. The molecule has 28 heavy (non-hydrogen) atoms. The van der Waals surface area contributed by atoms with E-state index in [0.29, 0.717) is 28.8 Å². The number of hydrogen-bond donors (Lipinski definition) is 1. The van der Waals surface area contributed by atoms with Gasteiger partial charge in [0.15, 0.2) is 11.7 Å². The van der Waals surface area contributed by atoms with Crippen LogP contribution in [0.3, 0.4) is 0 Å². The van der Waals surface area contributed by atoms with Gasteiger partial charge in [0, 0.05) is 23.4 Å². The zero-order chi connectivity index (χ0) is 20.1. The monoisotopic (exact) mass is 421 g/mol. The standard InChI is InChI=1S/C19H20ClN3O4S/c1-12(13-4-6-14(20)7-5-13)21-16(24)10-27-18(26)9-15-11-28-19(22-15)23-8-2-3-17(23)25/h4-7,11-12H,2-3,8-10H2,1H3,(H,21,24). The number of hydrogen-bond acceptors (Lipinski definition) is 6. The highest BCUT2D eigenvalue weighted by Crippen LogP contribution is 2.25. The second kappa shape index (κ2) is 9.16. The molecule has 0 bridgehead atoms. The summed E-state index contributed by atoms with van der Waals surface area (Å²) in [4.78, 5) is 41.7. The second-order valence-corrected chi connectivity index (χ2v) is 7.72. The van der Waals surface area contributed by atoms with E-state index in [2.05, 4.69) is 10.3 Å². The molecule has 1 aliphatic heterocycles. The molecule has 1 aliphatic rings. The van der Waals surface area contributed by atoms with E-state index in [9.17, 15) is 14.4 Å². The van der Waals surface area contributed by atoms with Crippen LogP contribution in [0.1, 0.15) is 37.1 Å². The summed E-state index contributed by atoms with van der Waals surface area (Å²) in [5.41, 5.74) is 1.43. The lowest BCUT2D eigenvalue weighted by atomic mass is 10.1. The normalized spacial score (nSPS) is 14.8. The van der Waals surface area contributed by atoms with E-state index in [1.165, 1.54) is 11.3 Å². The Kier molecular flexibility index (Phi) is 6.64. The molecule has 1 atom stereocenters. The Morgan fingerprint density at radius 2 is 2.11 bits per heavy atom. The van der Waals surface area contributed by atoms with Gasteiger partial charge in [-0.25, -0.2) is 4.98 Å². The molecular weight excluding hydrogens is 402 g/mol. The number of amides is 2. The molecule has 2 heterocycles. The van der Waals surface area contributed by atoms with Crippen molar-refractivity contribution in [1.82, 2.24) is 10.3 Å². The van der Waals surface area contributed by atoms with Crippen LogP contribution >= 0.6 is 22.9 Å². The Morgan fingerprint density at radius 3 is 2.79 bits per heavy atom. The van der Waals surface area contributed by atoms with E-state index in [1.807, 2.05) is 19.1 Å². The highest BCUT2D eigenvalue weighted by Gasteiger charge is 2.24. The summed E-state index contributed by atoms with van der Waals surface area (Å²) in [7, 11) is 0. The molecule has 148 valence electrons. The van der Waals surface area contributed by atoms with Gasteiger partial charge in [-0.2, -0.15) is 0 Å². The number of carbonyl (C=O) groups is 3. The molecule has 7 nitrogen and oxygen atoms in total. The summed E-state index contributed by atoms with van der Waals surface area (Å²) in [6.07, 6.45) is 1.30. The van der Waals surface area contributed by atoms with Crippen molar-refractivity contribution >= 4 is 45.9 Å². The maximum absolute atomic E-state index is 12.0. The number of thiazole rings is 1. The SMILES string of the molecule is CC(NC(=O)COC(=O)Cc1csc(N2CCCC2=O)n1)c1ccc(Cl)cc1. The van der Waals surface area contributed by atoms with Gasteiger partial charge in [0.1, 0.15) is 0 Å². The largest absolute Gasteiger partial charge is 0.455 e. The average molecular weight is 422 g/mol. The number of carbonyl (C=O) groups excluding carboxylic acids is 3. The van der Waals surface area contributed by atoms with Crippen molar-refractivity contribution in [2.75, 3.05) is 18.1 Å². The molecule has 0 spiro atoms. The van der Waals surface area contributed by atoms with E-state index in [-0.39, 0.29) is 25.0 Å². The highest BCUT2D eigenvalue weighted by molar-refractivity contribution is 7.14. The Hall–Kier alpha value is -2.45. The lowest BCUT2D eigenvalue weighted by Gasteiger charge is -2.14. The number of halogens is 1. The number of rotatable bonds is 7. The average Bonchev–Trinajstić information content (AvgIpc) is 3.29. The summed E-state index contributed by atoms with van der Waals surface area (Å²) >= 11 is 7.17. The van der Waals surface area contributed by atoms with Crippen molar-refractivity contribution in [3.05, 3.63) is 45.9 Å². The zero-order valence-electron chi connectivity index (χ0n) is 15.3. The van der Waals surface area contributed by atoms with Gasteiger partial charge in [-0.1, -0.05) is 23.7 Å². The third kappa shape index (κ3) is 5.30. The fourth-order valence-electron chi connectivity index (χ4n) is 2.81. The Labute approximate surface area is 171 Å². The number of benzene rings is 1. The van der Waals surface area contributed by atoms with Crippen molar-refractivity contribution in [2.45, 2.75) is 32.2 Å². The molecule has 1 saturated heterocycles. The second-order valence-electron chi connectivity index (χ2n) is 6.45. The van der Waals surface area contributed by atoms with Crippen LogP contribution in [-0.4, -0.2) is 35.9 Å². The number of ether oxygens (including phenoxy) is 1. The number of nitrogens with zero attached hydrogens (tertiary/aromatic N) is 2. The molecule has 0 radical (unpaired) electrons. The van der Waals surface area contributed by atoms with E-state index in [0.717, 1.165) is 12.0 Å². The first kappa shape index (κ1) is 20.3. The summed E-state index contributed by atoms with van der Waals surface area (Å²) in [6.45, 7) is 2.12. The van der Waals surface area contributed by atoms with Gasteiger partial charge < -0.3 is 10.1 Å². The third-order valence-electron chi connectivity index (χ3n) is 4.28. The maximum atomic E-state index is 12.0. The highest BCUT2D eigenvalue weighted by atomic mass is 35.5. The first-order valence-corrected chi connectivity index (χ1v) is 10.1. The molecule has 1 unspecified atom stereocenters. The minimum Gasteiger partial charge on any atom is -0.455 e. The molecule has 1 aromatic heterocycles. The van der Waals surface area contributed by atoms with Gasteiger partial charge in [-0.05, 0) is 31.0 Å². The Morgan fingerprint density at radius 1 is 1.36 bits per heavy atom. The predicted octanol–water partition coefficient (Wildman–Crippen LogP) is 2.89. The summed E-state index contributed by atoms with van der Waals surface area (Å²) in [6, 6.07) is 6.91. The van der Waals surface area contributed by atoms with Gasteiger partial charge in [0.25, 0.3) is 5.91 Å². The van der Waals surface area contributed by atoms with Crippen LogP contribution < -0.4 is 10.2 Å². The summed E-state index contributed by atoms with van der Waals surface area (Å²) < 4.78 is 5.03. The quantitative estimate of drug-likeness (QED) is 0.694. The van der Waals surface area contributed by atoms with Crippen LogP contribution in [0.25, 0.3) is 0 Å². The molecule has 0 saturated carbocycles. The molecule has 0 aliphatic carbocycles. The van der Waals surface area contributed by atoms with Crippen LogP contribution in [0.5, 0.6) is 0 Å². The van der Waals surface area contributed by atoms with Gasteiger partial charge in [-0.15, -0.1) is 11.3 Å². The molecule has 9 heteroatoms. The fraction of sp³-hybridized carbons (Fsp3) is 0.368. The van der Waals surface area contributed by atoms with E-state index < -0.39 is 11.9 Å². The maximum Gasteiger partial charge on any atom is 0.312 e. The zero-order valence-corrected chi connectivity index (χ0v) is 16.9. The first-order chi connectivity index (χ1) is 13.4. The predicted molar refractivity (Wildman–Crippen MR) is 106 cm³/mol. The molecular formula is C19H20ClN3O4S. The topological polar surface area (TPSA) is 88.6 Å². The molecule has 1 fully saturated rings. The summed E-state index contributed by atoms with van der Waals surface area (Å²) in [5.74, 6) is -0.883. The van der Waals surface area contributed by atoms with Crippen molar-refractivity contribution in [3.8, 4) is 0 Å². The Balaban J connectivity index is 1.44. The molecule has 1 aromatic carbocycles. The smallest absolute Gasteiger partial charge is 0.312 e. The van der Waals surface area contributed by atoms with Crippen molar-refractivity contribution in [3.63, 3.8) is 0 Å². The minimum absolute atomic E-state index is 0.0431. The van der Waals surface area contributed by atoms with E-state index >= 15 is 0 Å². The Bertz CT molecular complexity index is 868. The van der Waals surface area contributed by atoms with Crippen molar-refractivity contribution in [1.29, 1.82) is 0 Å². The molecule has 3 rings (SSSR count). The fourth-order valence-corrected chi connectivity index (χ4v) is 3.81. The van der Waals surface area contributed by atoms with E-state index in [4.69, 9.17) is 16.3 Å². The van der Waals surface area contributed by atoms with Gasteiger partial charge in [-0.3, -0.25) is 19.3 Å². The first-order valence-electron chi connectivity index (χ1n) is 8.87. The summed E-state index contributed by atoms with van der Waals surface area (Å²) in [5, 5.41) is 5.71. The van der Waals surface area contributed by atoms with Crippen LogP contribution in [0.4, 0.5) is 5.13 Å². The number of aromatic nitrogens is 1. The lowest BCUT2D eigenvalue weighted by molar-refractivity contribution is -0.148. The minimum atomic E-state index is -0.543. The third-order valence-corrected chi connectivity index (χ3v) is 5.45. The van der Waals surface area contributed by atoms with Crippen molar-refractivity contribution < 1.29 is 19.1 Å². The number of esters is 1. The van der Waals surface area contributed by atoms with E-state index in [1.54, 1.807) is 22.4 Å². The molecule has 1 N–H and O–H groups in total. The number of anilines is 1. The van der Waals surface area contributed by atoms with Gasteiger partial charge >= 0.3 is 5.97 Å². The van der Waals surface area contributed by atoms with Gasteiger partial charge in [0.2, 0.25) is 5.91 Å². The lowest BCUT2D eigenvalue weighted by Crippen LogP contribution is -2.31. The van der Waals surface area contributed by atoms with Crippen LogP contribution in [0.15, 0.2) is 29.6 Å². The number of nitrogens with one attached hydrogen (secondary N) is 1. The molecule has 2 aromatic rings. The van der Waals surface area contributed by atoms with Crippen LogP contribution in [0, 0.1) is 0 Å². The van der Waals surface area contributed by atoms with Crippen LogP contribution in [-0.2, 0) is 25.5 Å². The van der Waals surface area contributed by atoms with Crippen LogP contribution in [0.2, 0.25) is 5.02 Å². The van der Waals surface area contributed by atoms with Gasteiger partial charge in [0.05, 0.1) is 18.2 Å².